The van der Waals surface area contributed by atoms with Gasteiger partial charge in [-0.05, 0) is 44.3 Å². The van der Waals surface area contributed by atoms with Gasteiger partial charge in [-0.3, -0.25) is 14.5 Å². The number of benzene rings is 1. The van der Waals surface area contributed by atoms with Crippen molar-refractivity contribution in [3.63, 3.8) is 0 Å². The van der Waals surface area contributed by atoms with Crippen molar-refractivity contribution in [1.29, 1.82) is 0 Å². The number of rotatable bonds is 5. The van der Waals surface area contributed by atoms with Gasteiger partial charge >= 0.3 is 0 Å². The van der Waals surface area contributed by atoms with Gasteiger partial charge in [0.05, 0.1) is 0 Å². The Balaban J connectivity index is 1.54. The van der Waals surface area contributed by atoms with Crippen molar-refractivity contribution in [2.75, 3.05) is 26.7 Å². The smallest absolute Gasteiger partial charge is 0.270 e. The van der Waals surface area contributed by atoms with Gasteiger partial charge in [0.25, 0.3) is 5.91 Å². The van der Waals surface area contributed by atoms with Crippen LogP contribution in [0.4, 0.5) is 0 Å². The van der Waals surface area contributed by atoms with Crippen LogP contribution < -0.4 is 5.43 Å². The summed E-state index contributed by atoms with van der Waals surface area (Å²) in [5, 5.41) is 0. The van der Waals surface area contributed by atoms with Gasteiger partial charge < -0.3 is 9.47 Å². The number of hydrogen-bond donors (Lipinski definition) is 0. The summed E-state index contributed by atoms with van der Waals surface area (Å²) in [4.78, 5) is 28.8. The molecule has 2 aromatic rings. The Hall–Kier alpha value is -2.40. The first-order chi connectivity index (χ1) is 12.9. The van der Waals surface area contributed by atoms with Crippen LogP contribution in [0.25, 0.3) is 0 Å². The second-order valence-corrected chi connectivity index (χ2v) is 7.67. The van der Waals surface area contributed by atoms with Crippen LogP contribution in [0.1, 0.15) is 34.6 Å². The van der Waals surface area contributed by atoms with Crippen molar-refractivity contribution in [1.82, 2.24) is 14.4 Å². The molecule has 1 aromatic carbocycles. The predicted molar refractivity (Wildman–Crippen MR) is 108 cm³/mol. The summed E-state index contributed by atoms with van der Waals surface area (Å²) in [6.07, 6.45) is 2.19. The third-order valence-electron chi connectivity index (χ3n) is 5.57. The lowest BCUT2D eigenvalue weighted by Gasteiger charge is -2.34. The minimum absolute atomic E-state index is 0.0787. The van der Waals surface area contributed by atoms with Crippen LogP contribution >= 0.6 is 0 Å². The van der Waals surface area contributed by atoms with E-state index in [4.69, 9.17) is 0 Å². The van der Waals surface area contributed by atoms with Gasteiger partial charge in [0.2, 0.25) is 0 Å². The molecule has 1 aliphatic rings. The molecule has 1 fully saturated rings. The van der Waals surface area contributed by atoms with Gasteiger partial charge in [-0.25, -0.2) is 0 Å². The summed E-state index contributed by atoms with van der Waals surface area (Å²) >= 11 is 0. The van der Waals surface area contributed by atoms with E-state index in [1.165, 1.54) is 11.6 Å². The van der Waals surface area contributed by atoms with Gasteiger partial charge in [0.1, 0.15) is 5.69 Å². The molecule has 0 aliphatic carbocycles. The van der Waals surface area contributed by atoms with E-state index in [1.54, 1.807) is 15.5 Å². The Morgan fingerprint density at radius 1 is 1.15 bits per heavy atom. The first-order valence-electron chi connectivity index (χ1n) is 9.63. The van der Waals surface area contributed by atoms with E-state index in [0.29, 0.717) is 11.6 Å². The van der Waals surface area contributed by atoms with Crippen LogP contribution in [-0.4, -0.2) is 47.0 Å². The fraction of sp³-hybridized carbons (Fsp3) is 0.455. The number of likely N-dealkylation sites (tertiary alicyclic amines) is 1. The maximum absolute atomic E-state index is 12.8. The Bertz CT molecular complexity index is 836. The van der Waals surface area contributed by atoms with Gasteiger partial charge in [-0.1, -0.05) is 30.3 Å². The van der Waals surface area contributed by atoms with Crippen LogP contribution in [0, 0.1) is 12.8 Å². The van der Waals surface area contributed by atoms with Gasteiger partial charge in [-0.15, -0.1) is 0 Å². The van der Waals surface area contributed by atoms with Crippen LogP contribution in [0.3, 0.4) is 0 Å². The average molecular weight is 367 g/mol. The molecule has 2 heterocycles. The van der Waals surface area contributed by atoms with E-state index in [-0.39, 0.29) is 11.3 Å². The van der Waals surface area contributed by atoms with E-state index in [1.807, 2.05) is 27.1 Å². The highest BCUT2D eigenvalue weighted by Gasteiger charge is 2.23. The van der Waals surface area contributed by atoms with E-state index < -0.39 is 0 Å². The summed E-state index contributed by atoms with van der Waals surface area (Å²) in [6.45, 7) is 5.70. The summed E-state index contributed by atoms with van der Waals surface area (Å²) in [5.41, 5.74) is 2.50. The number of carbonyl (C=O) groups excluding carboxylic acids is 1. The Labute approximate surface area is 161 Å². The molecule has 27 heavy (non-hydrogen) atoms. The Morgan fingerprint density at radius 2 is 1.81 bits per heavy atom. The van der Waals surface area contributed by atoms with Crippen LogP contribution in [0.15, 0.2) is 47.3 Å². The third-order valence-corrected chi connectivity index (χ3v) is 5.57. The molecule has 1 saturated heterocycles. The standard InChI is InChI=1S/C22H29N3O2/c1-17-13-20(26)14-21(24(17)3)22(27)23(2)15-19-9-11-25(12-10-19)16-18-7-5-4-6-8-18/h4-8,13-14,19H,9-12,15-16H2,1-3H3. The SMILES string of the molecule is Cc1cc(=O)cc(C(=O)N(C)CC2CCN(Cc3ccccc3)CC2)n1C. The number of hydrogen-bond acceptors (Lipinski definition) is 3. The highest BCUT2D eigenvalue weighted by atomic mass is 16.2. The van der Waals surface area contributed by atoms with Gasteiger partial charge in [0, 0.05) is 45.0 Å². The van der Waals surface area contributed by atoms with Crippen molar-refractivity contribution in [3.8, 4) is 0 Å². The molecule has 144 valence electrons. The minimum atomic E-state index is -0.114. The highest BCUT2D eigenvalue weighted by Crippen LogP contribution is 2.20. The topological polar surface area (TPSA) is 45.6 Å². The Kier molecular flexibility index (Phi) is 6.11. The zero-order valence-corrected chi connectivity index (χ0v) is 16.5. The van der Waals surface area contributed by atoms with Crippen molar-refractivity contribution >= 4 is 5.91 Å². The van der Waals surface area contributed by atoms with Crippen molar-refractivity contribution in [2.45, 2.75) is 26.3 Å². The van der Waals surface area contributed by atoms with Crippen molar-refractivity contribution in [3.05, 3.63) is 69.6 Å². The van der Waals surface area contributed by atoms with E-state index in [0.717, 1.165) is 44.7 Å². The summed E-state index contributed by atoms with van der Waals surface area (Å²) < 4.78 is 1.79. The molecular formula is C22H29N3O2. The number of aryl methyl sites for hydroxylation is 1. The molecule has 0 saturated carbocycles. The summed E-state index contributed by atoms with van der Waals surface area (Å²) in [7, 11) is 3.67. The average Bonchev–Trinajstić information content (AvgIpc) is 2.66. The first-order valence-corrected chi connectivity index (χ1v) is 9.63. The highest BCUT2D eigenvalue weighted by molar-refractivity contribution is 5.92. The van der Waals surface area contributed by atoms with Gasteiger partial charge in [0.15, 0.2) is 5.43 Å². The normalized spacial score (nSPS) is 15.7. The summed E-state index contributed by atoms with van der Waals surface area (Å²) in [5.74, 6) is 0.429. The van der Waals surface area contributed by atoms with Crippen LogP contribution in [0.2, 0.25) is 0 Å². The van der Waals surface area contributed by atoms with E-state index in [2.05, 4.69) is 29.2 Å². The predicted octanol–water partition coefficient (Wildman–Crippen LogP) is 2.68. The van der Waals surface area contributed by atoms with E-state index in [9.17, 15) is 9.59 Å². The summed E-state index contributed by atoms with van der Waals surface area (Å²) in [6, 6.07) is 13.6. The molecule has 5 heteroatoms. The van der Waals surface area contributed by atoms with Crippen molar-refractivity contribution in [2.24, 2.45) is 13.0 Å². The molecule has 0 unspecified atom stereocenters. The molecular weight excluding hydrogens is 338 g/mol. The van der Waals surface area contributed by atoms with Crippen LogP contribution in [-0.2, 0) is 13.6 Å². The molecule has 3 rings (SSSR count). The number of carbonyl (C=O) groups is 1. The maximum atomic E-state index is 12.8. The molecule has 1 aromatic heterocycles. The lowest BCUT2D eigenvalue weighted by atomic mass is 9.96. The van der Waals surface area contributed by atoms with Gasteiger partial charge in [-0.2, -0.15) is 0 Å². The van der Waals surface area contributed by atoms with Crippen LogP contribution in [0.5, 0.6) is 0 Å². The minimum Gasteiger partial charge on any atom is -0.344 e. The lowest BCUT2D eigenvalue weighted by Crippen LogP contribution is -2.40. The molecule has 1 amide bonds. The first kappa shape index (κ1) is 19.4. The molecule has 5 nitrogen and oxygen atoms in total. The second kappa shape index (κ2) is 8.53. The number of nitrogens with zero attached hydrogens (tertiary/aromatic N) is 3. The fourth-order valence-corrected chi connectivity index (χ4v) is 3.81. The molecule has 0 radical (unpaired) electrons. The maximum Gasteiger partial charge on any atom is 0.270 e. The zero-order valence-electron chi connectivity index (χ0n) is 16.5. The molecule has 0 spiro atoms. The Morgan fingerprint density at radius 3 is 2.48 bits per heavy atom. The quantitative estimate of drug-likeness (QED) is 0.816. The molecule has 0 bridgehead atoms. The number of aromatic nitrogens is 1. The molecule has 0 N–H and O–H groups in total. The third kappa shape index (κ3) is 4.86. The second-order valence-electron chi connectivity index (χ2n) is 7.67. The largest absolute Gasteiger partial charge is 0.344 e. The van der Waals surface area contributed by atoms with E-state index >= 15 is 0 Å². The molecule has 1 aliphatic heterocycles. The number of piperidine rings is 1. The number of pyridine rings is 1. The lowest BCUT2D eigenvalue weighted by molar-refractivity contribution is 0.0727. The monoisotopic (exact) mass is 367 g/mol. The zero-order chi connectivity index (χ0) is 19.4. The molecule has 0 atom stereocenters. The number of amides is 1. The fourth-order valence-electron chi connectivity index (χ4n) is 3.81. The van der Waals surface area contributed by atoms with Crippen molar-refractivity contribution < 1.29 is 4.79 Å².